The van der Waals surface area contributed by atoms with Gasteiger partial charge in [-0.3, -0.25) is 10.1 Å². The van der Waals surface area contributed by atoms with Crippen LogP contribution in [0.5, 0.6) is 0 Å². The van der Waals surface area contributed by atoms with Gasteiger partial charge in [0.15, 0.2) is 0 Å². The molecule has 1 fully saturated rings. The Labute approximate surface area is 158 Å². The summed E-state index contributed by atoms with van der Waals surface area (Å²) in [5.41, 5.74) is 0.282. The number of β-lactam (4-membered cyclic amide) rings is 1. The van der Waals surface area contributed by atoms with Crippen molar-refractivity contribution in [1.29, 1.82) is 0 Å². The van der Waals surface area contributed by atoms with Crippen molar-refractivity contribution in [3.63, 3.8) is 0 Å². The normalized spacial score (nSPS) is 18.7. The maximum absolute atomic E-state index is 12.4. The second kappa shape index (κ2) is 7.23. The van der Waals surface area contributed by atoms with E-state index in [0.29, 0.717) is 5.71 Å². The fourth-order valence-corrected chi connectivity index (χ4v) is 2.70. The minimum Gasteiger partial charge on any atom is -0.444 e. The van der Waals surface area contributed by atoms with E-state index in [4.69, 9.17) is 9.73 Å². The Hall–Kier alpha value is -3.15. The van der Waals surface area contributed by atoms with Crippen LogP contribution in [0.1, 0.15) is 31.9 Å². The molecule has 1 aliphatic rings. The number of nitrogens with one attached hydrogen (secondary N) is 2. The molecule has 2 aromatic rings. The smallest absolute Gasteiger partial charge is 0.410 e. The third kappa shape index (κ3) is 4.34. The summed E-state index contributed by atoms with van der Waals surface area (Å²) in [6.45, 7) is 5.50. The molecule has 1 unspecified atom stereocenters. The second-order valence-corrected chi connectivity index (χ2v) is 7.36. The lowest BCUT2D eigenvalue weighted by Gasteiger charge is -2.38. The van der Waals surface area contributed by atoms with Gasteiger partial charge in [0.05, 0.1) is 12.3 Å². The molecule has 140 valence electrons. The lowest BCUT2D eigenvalue weighted by Crippen LogP contribution is -2.72. The summed E-state index contributed by atoms with van der Waals surface area (Å²) in [6, 6.07) is 19.1. The molecule has 6 nitrogen and oxygen atoms in total. The third-order valence-corrected chi connectivity index (χ3v) is 3.99. The summed E-state index contributed by atoms with van der Waals surface area (Å²) in [5.74, 6) is -0.363. The van der Waals surface area contributed by atoms with Crippen molar-refractivity contribution < 1.29 is 14.3 Å². The van der Waals surface area contributed by atoms with E-state index in [0.717, 1.165) is 11.1 Å². The van der Waals surface area contributed by atoms with Gasteiger partial charge < -0.3 is 10.1 Å². The van der Waals surface area contributed by atoms with E-state index in [1.807, 2.05) is 60.7 Å². The highest BCUT2D eigenvalue weighted by molar-refractivity contribution is 6.14. The van der Waals surface area contributed by atoms with Gasteiger partial charge in [-0.1, -0.05) is 60.7 Å². The number of hydrogen-bond acceptors (Lipinski definition) is 4. The molecule has 27 heavy (non-hydrogen) atoms. The van der Waals surface area contributed by atoms with Crippen molar-refractivity contribution in [3.8, 4) is 0 Å². The quantitative estimate of drug-likeness (QED) is 0.646. The van der Waals surface area contributed by atoms with Crippen molar-refractivity contribution in [3.05, 3.63) is 71.8 Å². The molecule has 0 aromatic heterocycles. The van der Waals surface area contributed by atoms with Gasteiger partial charge in [-0.2, -0.15) is 0 Å². The van der Waals surface area contributed by atoms with E-state index in [2.05, 4.69) is 10.6 Å². The molecule has 2 aromatic carbocycles. The first kappa shape index (κ1) is 18.6. The number of carbonyl (C=O) groups excluding carboxylic acids is 2. The first-order valence-corrected chi connectivity index (χ1v) is 8.79. The fourth-order valence-electron chi connectivity index (χ4n) is 2.70. The van der Waals surface area contributed by atoms with Crippen LogP contribution in [0.15, 0.2) is 65.7 Å². The molecule has 0 bridgehead atoms. The molecule has 0 saturated carbocycles. The molecule has 1 saturated heterocycles. The zero-order chi connectivity index (χ0) is 19.5. The number of carbonyl (C=O) groups is 2. The molecule has 3 rings (SSSR count). The van der Waals surface area contributed by atoms with Crippen LogP contribution < -0.4 is 10.6 Å². The Morgan fingerprint density at radius 1 is 1.04 bits per heavy atom. The number of alkyl carbamates (subject to hydrolysis) is 1. The van der Waals surface area contributed by atoms with E-state index >= 15 is 0 Å². The summed E-state index contributed by atoms with van der Waals surface area (Å²) >= 11 is 0. The number of ether oxygens (including phenoxy) is 1. The molecule has 0 spiro atoms. The lowest BCUT2D eigenvalue weighted by atomic mass is 9.98. The van der Waals surface area contributed by atoms with Crippen LogP contribution in [0.25, 0.3) is 0 Å². The largest absolute Gasteiger partial charge is 0.444 e. The van der Waals surface area contributed by atoms with Crippen molar-refractivity contribution in [2.24, 2.45) is 4.99 Å². The van der Waals surface area contributed by atoms with Crippen LogP contribution >= 0.6 is 0 Å². The average molecular weight is 365 g/mol. The third-order valence-electron chi connectivity index (χ3n) is 3.99. The second-order valence-electron chi connectivity index (χ2n) is 7.36. The highest BCUT2D eigenvalue weighted by Crippen LogP contribution is 2.21. The van der Waals surface area contributed by atoms with Crippen LogP contribution in [0.4, 0.5) is 4.79 Å². The monoisotopic (exact) mass is 365 g/mol. The van der Waals surface area contributed by atoms with Gasteiger partial charge in [-0.05, 0) is 20.8 Å². The molecule has 1 atom stereocenters. The minimum atomic E-state index is -1.39. The molecule has 1 heterocycles. The summed E-state index contributed by atoms with van der Waals surface area (Å²) in [5, 5.41) is 5.31. The lowest BCUT2D eigenvalue weighted by molar-refractivity contribution is -0.134. The van der Waals surface area contributed by atoms with Crippen molar-refractivity contribution in [2.45, 2.75) is 32.0 Å². The molecule has 0 aliphatic carbocycles. The Bertz CT molecular complexity index is 816. The van der Waals surface area contributed by atoms with E-state index in [-0.39, 0.29) is 12.5 Å². The molecular formula is C21H23N3O3. The molecule has 0 radical (unpaired) electrons. The van der Waals surface area contributed by atoms with Gasteiger partial charge in [0.2, 0.25) is 5.66 Å². The van der Waals surface area contributed by atoms with Gasteiger partial charge in [-0.15, -0.1) is 0 Å². The number of hydrogen-bond donors (Lipinski definition) is 2. The predicted octanol–water partition coefficient (Wildman–Crippen LogP) is 2.87. The van der Waals surface area contributed by atoms with E-state index in [9.17, 15) is 9.59 Å². The summed E-state index contributed by atoms with van der Waals surface area (Å²) < 4.78 is 5.31. The maximum atomic E-state index is 12.4. The van der Waals surface area contributed by atoms with Crippen molar-refractivity contribution in [2.75, 3.05) is 6.54 Å². The summed E-state index contributed by atoms with van der Waals surface area (Å²) in [7, 11) is 0. The van der Waals surface area contributed by atoms with E-state index < -0.39 is 17.4 Å². The number of rotatable bonds is 4. The van der Waals surface area contributed by atoms with Crippen LogP contribution in [-0.2, 0) is 9.53 Å². The van der Waals surface area contributed by atoms with Gasteiger partial charge in [-0.25, -0.2) is 9.79 Å². The van der Waals surface area contributed by atoms with Gasteiger partial charge in [0, 0.05) is 11.1 Å². The van der Waals surface area contributed by atoms with E-state index in [1.165, 1.54) is 0 Å². The first-order valence-electron chi connectivity index (χ1n) is 8.79. The molecule has 6 heteroatoms. The van der Waals surface area contributed by atoms with Crippen LogP contribution in [-0.4, -0.2) is 35.5 Å². The number of aliphatic imine (C=N–C) groups is 1. The van der Waals surface area contributed by atoms with Crippen LogP contribution in [0.2, 0.25) is 0 Å². The zero-order valence-corrected chi connectivity index (χ0v) is 15.7. The Morgan fingerprint density at radius 2 is 1.56 bits per heavy atom. The number of amides is 2. The molecule has 2 amide bonds. The highest BCUT2D eigenvalue weighted by atomic mass is 16.6. The average Bonchev–Trinajstić information content (AvgIpc) is 2.63. The van der Waals surface area contributed by atoms with Crippen molar-refractivity contribution >= 4 is 17.7 Å². The number of benzene rings is 2. The summed E-state index contributed by atoms with van der Waals surface area (Å²) in [4.78, 5) is 29.3. The Morgan fingerprint density at radius 3 is 1.93 bits per heavy atom. The fraction of sp³-hybridized carbons (Fsp3) is 0.286. The molecule has 1 aliphatic heterocycles. The molecular weight excluding hydrogens is 342 g/mol. The molecule has 2 N–H and O–H groups in total. The zero-order valence-electron chi connectivity index (χ0n) is 15.7. The van der Waals surface area contributed by atoms with E-state index in [1.54, 1.807) is 20.8 Å². The summed E-state index contributed by atoms with van der Waals surface area (Å²) in [6.07, 6.45) is -0.679. The standard InChI is InChI=1S/C21H23N3O3/c1-20(2,3)27-19(26)24-21(14-22-18(21)25)23-17(15-10-6-4-7-11-15)16-12-8-5-9-13-16/h4-13H,14H2,1-3H3,(H,22,25)(H,24,26). The maximum Gasteiger partial charge on any atom is 0.410 e. The van der Waals surface area contributed by atoms with Gasteiger partial charge in [0.25, 0.3) is 5.91 Å². The number of nitrogens with zero attached hydrogens (tertiary/aromatic N) is 1. The SMILES string of the molecule is CC(C)(C)OC(=O)NC1(N=C(c2ccccc2)c2ccccc2)CNC1=O. The van der Waals surface area contributed by atoms with Gasteiger partial charge in [0.1, 0.15) is 5.60 Å². The van der Waals surface area contributed by atoms with Crippen LogP contribution in [0.3, 0.4) is 0 Å². The Kier molecular flexibility index (Phi) is 4.99. The minimum absolute atomic E-state index is 0.203. The highest BCUT2D eigenvalue weighted by Gasteiger charge is 2.49. The van der Waals surface area contributed by atoms with Crippen LogP contribution in [0, 0.1) is 0 Å². The predicted molar refractivity (Wildman–Crippen MR) is 104 cm³/mol. The van der Waals surface area contributed by atoms with Gasteiger partial charge >= 0.3 is 6.09 Å². The Balaban J connectivity index is 2.01. The topological polar surface area (TPSA) is 79.8 Å². The van der Waals surface area contributed by atoms with Crippen molar-refractivity contribution in [1.82, 2.24) is 10.6 Å². The first-order chi connectivity index (χ1) is 12.8.